The number of carbonyl (C=O) groups is 1. The second-order valence-corrected chi connectivity index (χ2v) is 4.88. The van der Waals surface area contributed by atoms with Gasteiger partial charge >= 0.3 is 0 Å². The summed E-state index contributed by atoms with van der Waals surface area (Å²) in [4.78, 5) is 21.8. The second-order valence-electron chi connectivity index (χ2n) is 4.48. The van der Waals surface area contributed by atoms with Crippen LogP contribution in [0.15, 0.2) is 42.5 Å². The summed E-state index contributed by atoms with van der Waals surface area (Å²) >= 11 is 5.95. The minimum atomic E-state index is -0.546. The number of nitrogens with zero attached hydrogens (tertiary/aromatic N) is 1. The first-order chi connectivity index (χ1) is 11.0. The number of nitro groups is 1. The van der Waals surface area contributed by atoms with Crippen LogP contribution in [0.2, 0.25) is 5.02 Å². The van der Waals surface area contributed by atoms with Gasteiger partial charge in [0.05, 0.1) is 16.6 Å². The molecule has 0 fully saturated rings. The highest BCUT2D eigenvalue weighted by molar-refractivity contribution is 6.32. The van der Waals surface area contributed by atoms with Gasteiger partial charge in [-0.1, -0.05) is 11.6 Å². The van der Waals surface area contributed by atoms with Crippen LogP contribution < -0.4 is 10.1 Å². The van der Waals surface area contributed by atoms with Crippen molar-refractivity contribution in [3.63, 3.8) is 0 Å². The summed E-state index contributed by atoms with van der Waals surface area (Å²) in [6.45, 7) is 0.0427. The van der Waals surface area contributed by atoms with Crippen molar-refractivity contribution in [3.05, 3.63) is 63.2 Å². The lowest BCUT2D eigenvalue weighted by Gasteiger charge is -2.08. The number of nitrogens with one attached hydrogen (secondary N) is 1. The van der Waals surface area contributed by atoms with E-state index >= 15 is 0 Å². The standard InChI is InChI=1S/C15H13ClN2O5/c16-13-9-11(18(21)22)3-6-14(13)23-12-4-1-10(2-5-12)15(20)17-7-8-19/h1-6,9,19H,7-8H2,(H,17,20). The molecule has 0 atom stereocenters. The maximum atomic E-state index is 11.7. The third-order valence-electron chi connectivity index (χ3n) is 2.87. The Bertz CT molecular complexity index is 718. The number of non-ortho nitro benzene ring substituents is 1. The number of ether oxygens (including phenoxy) is 1. The van der Waals surface area contributed by atoms with Gasteiger partial charge in [-0.25, -0.2) is 0 Å². The van der Waals surface area contributed by atoms with Gasteiger partial charge in [0.1, 0.15) is 11.5 Å². The van der Waals surface area contributed by atoms with Gasteiger partial charge in [-0.3, -0.25) is 14.9 Å². The molecular formula is C15H13ClN2O5. The summed E-state index contributed by atoms with van der Waals surface area (Å²) in [5, 5.41) is 22.0. The Balaban J connectivity index is 2.09. The number of benzene rings is 2. The van der Waals surface area contributed by atoms with E-state index in [1.165, 1.54) is 18.2 Å². The smallest absolute Gasteiger partial charge is 0.271 e. The van der Waals surface area contributed by atoms with Gasteiger partial charge in [-0.05, 0) is 30.3 Å². The molecule has 0 spiro atoms. The van der Waals surface area contributed by atoms with Crippen molar-refractivity contribution in [2.45, 2.75) is 0 Å². The Morgan fingerprint density at radius 2 is 1.96 bits per heavy atom. The van der Waals surface area contributed by atoms with Crippen LogP contribution in [0.4, 0.5) is 5.69 Å². The van der Waals surface area contributed by atoms with Crippen molar-refractivity contribution in [3.8, 4) is 11.5 Å². The first kappa shape index (κ1) is 16.7. The monoisotopic (exact) mass is 336 g/mol. The molecule has 0 aliphatic heterocycles. The zero-order valence-corrected chi connectivity index (χ0v) is 12.6. The van der Waals surface area contributed by atoms with Crippen LogP contribution in [0.5, 0.6) is 11.5 Å². The van der Waals surface area contributed by atoms with Gasteiger partial charge in [0, 0.05) is 24.2 Å². The Morgan fingerprint density at radius 3 is 2.52 bits per heavy atom. The third kappa shape index (κ3) is 4.41. The third-order valence-corrected chi connectivity index (χ3v) is 3.16. The molecule has 7 nitrogen and oxygen atoms in total. The van der Waals surface area contributed by atoms with Crippen molar-refractivity contribution >= 4 is 23.2 Å². The highest BCUT2D eigenvalue weighted by atomic mass is 35.5. The number of aliphatic hydroxyl groups is 1. The molecule has 1 amide bonds. The van der Waals surface area contributed by atoms with Gasteiger partial charge < -0.3 is 15.2 Å². The zero-order chi connectivity index (χ0) is 16.8. The minimum absolute atomic E-state index is 0.115. The maximum absolute atomic E-state index is 11.7. The predicted molar refractivity (Wildman–Crippen MR) is 84.0 cm³/mol. The average Bonchev–Trinajstić information content (AvgIpc) is 2.55. The summed E-state index contributed by atoms with van der Waals surface area (Å²) in [5.41, 5.74) is 0.291. The zero-order valence-electron chi connectivity index (χ0n) is 11.9. The Morgan fingerprint density at radius 1 is 1.26 bits per heavy atom. The highest BCUT2D eigenvalue weighted by Gasteiger charge is 2.11. The molecule has 0 unspecified atom stereocenters. The summed E-state index contributed by atoms with van der Waals surface area (Å²) in [7, 11) is 0. The van der Waals surface area contributed by atoms with Crippen LogP contribution in [-0.2, 0) is 0 Å². The van der Waals surface area contributed by atoms with Gasteiger partial charge in [-0.15, -0.1) is 0 Å². The molecule has 0 aliphatic rings. The largest absolute Gasteiger partial charge is 0.456 e. The van der Waals surface area contributed by atoms with Gasteiger partial charge in [0.25, 0.3) is 11.6 Å². The Labute approximate surface area is 136 Å². The van der Waals surface area contributed by atoms with E-state index in [0.717, 1.165) is 0 Å². The molecule has 0 saturated carbocycles. The lowest BCUT2D eigenvalue weighted by Crippen LogP contribution is -2.26. The molecule has 2 aromatic rings. The molecule has 0 saturated heterocycles. The number of nitro benzene ring substituents is 1. The molecule has 120 valence electrons. The molecule has 2 N–H and O–H groups in total. The first-order valence-corrected chi connectivity index (χ1v) is 7.00. The van der Waals surface area contributed by atoms with Crippen molar-refractivity contribution < 1.29 is 19.6 Å². The lowest BCUT2D eigenvalue weighted by molar-refractivity contribution is -0.384. The number of amides is 1. The van der Waals surface area contributed by atoms with Crippen molar-refractivity contribution in [2.24, 2.45) is 0 Å². The fourth-order valence-electron chi connectivity index (χ4n) is 1.76. The molecule has 0 radical (unpaired) electrons. The number of carbonyl (C=O) groups excluding carboxylic acids is 1. The lowest BCUT2D eigenvalue weighted by atomic mass is 10.2. The number of rotatable bonds is 6. The van der Waals surface area contributed by atoms with E-state index in [9.17, 15) is 14.9 Å². The van der Waals surface area contributed by atoms with Crippen LogP contribution in [0, 0.1) is 10.1 Å². The van der Waals surface area contributed by atoms with E-state index in [1.807, 2.05) is 0 Å². The summed E-state index contributed by atoms with van der Waals surface area (Å²) in [5.74, 6) is 0.396. The summed E-state index contributed by atoms with van der Waals surface area (Å²) in [6, 6.07) is 10.2. The Kier molecular flexibility index (Phi) is 5.51. The van der Waals surface area contributed by atoms with E-state index in [2.05, 4.69) is 5.32 Å². The van der Waals surface area contributed by atoms with Crippen LogP contribution in [0.25, 0.3) is 0 Å². The number of hydrogen-bond donors (Lipinski definition) is 2. The molecular weight excluding hydrogens is 324 g/mol. The first-order valence-electron chi connectivity index (χ1n) is 6.62. The SMILES string of the molecule is O=C(NCCO)c1ccc(Oc2ccc([N+](=O)[O-])cc2Cl)cc1. The molecule has 2 aromatic carbocycles. The number of aliphatic hydroxyl groups excluding tert-OH is 1. The normalized spacial score (nSPS) is 10.2. The molecule has 2 rings (SSSR count). The van der Waals surface area contributed by atoms with Gasteiger partial charge in [0.15, 0.2) is 0 Å². The van der Waals surface area contributed by atoms with Crippen LogP contribution in [0.1, 0.15) is 10.4 Å². The predicted octanol–water partition coefficient (Wildman–Crippen LogP) is 2.76. The maximum Gasteiger partial charge on any atom is 0.271 e. The van der Waals surface area contributed by atoms with E-state index in [1.54, 1.807) is 24.3 Å². The summed E-state index contributed by atoms with van der Waals surface area (Å²) < 4.78 is 5.53. The average molecular weight is 337 g/mol. The van der Waals surface area contributed by atoms with Crippen molar-refractivity contribution in [2.75, 3.05) is 13.2 Å². The molecule has 8 heteroatoms. The number of halogens is 1. The van der Waals surface area contributed by atoms with E-state index < -0.39 is 4.92 Å². The topological polar surface area (TPSA) is 102 Å². The molecule has 0 aromatic heterocycles. The Hall–Kier alpha value is -2.64. The summed E-state index contributed by atoms with van der Waals surface area (Å²) in [6.07, 6.45) is 0. The van der Waals surface area contributed by atoms with Crippen molar-refractivity contribution in [1.29, 1.82) is 0 Å². The number of hydrogen-bond acceptors (Lipinski definition) is 5. The molecule has 23 heavy (non-hydrogen) atoms. The van der Waals surface area contributed by atoms with Crippen LogP contribution in [0.3, 0.4) is 0 Å². The highest BCUT2D eigenvalue weighted by Crippen LogP contribution is 2.32. The molecule has 0 heterocycles. The van der Waals surface area contributed by atoms with E-state index in [0.29, 0.717) is 11.3 Å². The fraction of sp³-hybridized carbons (Fsp3) is 0.133. The van der Waals surface area contributed by atoms with Crippen LogP contribution >= 0.6 is 11.6 Å². The van der Waals surface area contributed by atoms with Gasteiger partial charge in [0.2, 0.25) is 0 Å². The second kappa shape index (κ2) is 7.57. The quantitative estimate of drug-likeness (QED) is 0.624. The van der Waals surface area contributed by atoms with Crippen molar-refractivity contribution in [1.82, 2.24) is 5.32 Å². The van der Waals surface area contributed by atoms with E-state index in [4.69, 9.17) is 21.4 Å². The van der Waals surface area contributed by atoms with E-state index in [-0.39, 0.29) is 35.5 Å². The van der Waals surface area contributed by atoms with Gasteiger partial charge in [-0.2, -0.15) is 0 Å². The van der Waals surface area contributed by atoms with Crippen LogP contribution in [-0.4, -0.2) is 29.1 Å². The fourth-order valence-corrected chi connectivity index (χ4v) is 1.97. The molecule has 0 aliphatic carbocycles. The molecule has 0 bridgehead atoms. The minimum Gasteiger partial charge on any atom is -0.456 e.